The molecule has 1 fully saturated rings. The lowest BCUT2D eigenvalue weighted by molar-refractivity contribution is -0.719. The molecule has 0 radical (unpaired) electrons. The Balaban J connectivity index is 1.52. The maximum atomic E-state index is 13.1. The first-order valence-electron chi connectivity index (χ1n) is 11.6. The average Bonchev–Trinajstić information content (AvgIpc) is 3.34. The predicted molar refractivity (Wildman–Crippen MR) is 146 cm³/mol. The number of aliphatic carboxylic acids is 1. The highest BCUT2D eigenvalue weighted by molar-refractivity contribution is 8.01. The van der Waals surface area contributed by atoms with Crippen LogP contribution in [0.25, 0.3) is 0 Å². The van der Waals surface area contributed by atoms with Gasteiger partial charge >= 0.3 is 5.16 Å². The molecular weight excluding hydrogens is 568 g/mol. The average molecular weight is 595 g/mol. The normalized spacial score (nSPS) is 19.0. The van der Waals surface area contributed by atoms with E-state index < -0.39 is 29.2 Å². The summed E-state index contributed by atoms with van der Waals surface area (Å²) in [5, 5.41) is 20.1. The number of nitrogens with zero attached hydrogens (tertiary/aromatic N) is 5. The van der Waals surface area contributed by atoms with E-state index in [0.717, 1.165) is 16.2 Å². The summed E-state index contributed by atoms with van der Waals surface area (Å²) in [7, 11) is 0. The molecule has 9 N–H and O–H groups in total. The molecule has 2 aliphatic heterocycles. The summed E-state index contributed by atoms with van der Waals surface area (Å²) in [5.74, 6) is -2.04. The number of amides is 2. The molecule has 2 aromatic rings. The molecule has 2 aliphatic rings. The number of nitrogens with two attached hydrogens (primary N) is 4. The number of hydrogen-bond acceptors (Lipinski definition) is 15. The number of thiazole rings is 1. The first-order valence-corrected chi connectivity index (χ1v) is 14.5. The van der Waals surface area contributed by atoms with Gasteiger partial charge in [-0.2, -0.15) is 0 Å². The number of carbonyl (C=O) groups is 3. The van der Waals surface area contributed by atoms with Gasteiger partial charge in [0, 0.05) is 16.9 Å². The first-order chi connectivity index (χ1) is 18.6. The molecule has 2 atom stereocenters. The van der Waals surface area contributed by atoms with Gasteiger partial charge in [0.25, 0.3) is 11.8 Å². The second kappa shape index (κ2) is 11.5. The SMILES string of the molecule is CCO/N=C(\C(=O)NC1C(=O)N2C(C(=O)[O-])=C(CSc3nc(N)c(N)c(N)[n+]3CC)CS[C@H]12)c1csc(N)n1. The van der Waals surface area contributed by atoms with Gasteiger partial charge in [0.2, 0.25) is 11.6 Å². The molecule has 0 aromatic carbocycles. The van der Waals surface area contributed by atoms with E-state index in [9.17, 15) is 19.5 Å². The van der Waals surface area contributed by atoms with Crippen molar-refractivity contribution in [1.82, 2.24) is 20.2 Å². The highest BCUT2D eigenvalue weighted by Crippen LogP contribution is 2.41. The highest BCUT2D eigenvalue weighted by atomic mass is 32.2. The van der Waals surface area contributed by atoms with Gasteiger partial charge in [-0.15, -0.1) is 23.1 Å². The van der Waals surface area contributed by atoms with Crippen molar-refractivity contribution in [1.29, 1.82) is 0 Å². The van der Waals surface area contributed by atoms with Crippen molar-refractivity contribution in [2.45, 2.75) is 37.0 Å². The van der Waals surface area contributed by atoms with E-state index in [1.165, 1.54) is 28.9 Å². The van der Waals surface area contributed by atoms with Crippen molar-refractivity contribution in [3.8, 4) is 0 Å². The van der Waals surface area contributed by atoms with Gasteiger partial charge in [0.15, 0.2) is 16.5 Å². The quantitative estimate of drug-likeness (QED) is 0.0505. The summed E-state index contributed by atoms with van der Waals surface area (Å²) in [6, 6.07) is -0.991. The number of fused-ring (bicyclic) bond motifs is 1. The highest BCUT2D eigenvalue weighted by Gasteiger charge is 2.53. The Labute approximate surface area is 235 Å². The van der Waals surface area contributed by atoms with Gasteiger partial charge in [-0.3, -0.25) is 14.5 Å². The fourth-order valence-corrected chi connectivity index (χ4v) is 7.00. The number of β-lactam (4-membered cyclic amide) rings is 1. The molecule has 2 aromatic heterocycles. The zero-order valence-electron chi connectivity index (χ0n) is 20.9. The molecule has 1 saturated heterocycles. The lowest BCUT2D eigenvalue weighted by Gasteiger charge is -2.50. The first kappa shape index (κ1) is 28.2. The Morgan fingerprint density at radius 3 is 2.67 bits per heavy atom. The molecule has 208 valence electrons. The molecule has 0 bridgehead atoms. The minimum absolute atomic E-state index is 0.0657. The summed E-state index contributed by atoms with van der Waals surface area (Å²) in [6.07, 6.45) is 0. The lowest BCUT2D eigenvalue weighted by atomic mass is 10.0. The monoisotopic (exact) mass is 594 g/mol. The standard InChI is InChI=1S/C21H26N10O5S3/c1-3-30-15(24)10(22)14(23)28-21(30)39-6-8-5-37-18-12(17(33)31(18)13(8)19(34)35)27-16(32)11(29-36-4-2)9-7-38-20(25)26-9/h7,12,18H,3-6H2,1-2H3,(H9,22,23,24,25,26,27,29,32,34,35)/t12?,18-/m1/s1. The maximum absolute atomic E-state index is 13.1. The molecule has 18 heteroatoms. The van der Waals surface area contributed by atoms with Crippen LogP contribution >= 0.6 is 34.9 Å². The third-order valence-corrected chi connectivity index (χ3v) is 8.85. The van der Waals surface area contributed by atoms with Crippen LogP contribution in [0, 0.1) is 0 Å². The Morgan fingerprint density at radius 1 is 1.31 bits per heavy atom. The number of carboxylic acids is 1. The van der Waals surface area contributed by atoms with Crippen molar-refractivity contribution in [3.63, 3.8) is 0 Å². The minimum Gasteiger partial charge on any atom is -0.543 e. The second-order valence-corrected chi connectivity index (χ2v) is 11.1. The van der Waals surface area contributed by atoms with E-state index >= 15 is 0 Å². The third kappa shape index (κ3) is 5.39. The molecule has 0 aliphatic carbocycles. The van der Waals surface area contributed by atoms with Gasteiger partial charge in [-0.05, 0) is 31.2 Å². The van der Waals surface area contributed by atoms with Gasteiger partial charge < -0.3 is 43.0 Å². The van der Waals surface area contributed by atoms with E-state index in [0.29, 0.717) is 17.3 Å². The van der Waals surface area contributed by atoms with Crippen LogP contribution in [0.4, 0.5) is 22.5 Å². The topological polar surface area (TPSA) is 245 Å². The largest absolute Gasteiger partial charge is 0.543 e. The summed E-state index contributed by atoms with van der Waals surface area (Å²) >= 11 is 3.63. The van der Waals surface area contributed by atoms with E-state index in [4.69, 9.17) is 27.8 Å². The van der Waals surface area contributed by atoms with Crippen LogP contribution in [0.1, 0.15) is 19.5 Å². The Hall–Kier alpha value is -3.77. The van der Waals surface area contributed by atoms with E-state index in [1.807, 2.05) is 6.92 Å². The smallest absolute Gasteiger partial charge is 0.301 e. The molecule has 1 unspecified atom stereocenters. The van der Waals surface area contributed by atoms with E-state index in [-0.39, 0.29) is 57.7 Å². The van der Waals surface area contributed by atoms with Crippen molar-refractivity contribution in [3.05, 3.63) is 22.3 Å². The second-order valence-electron chi connectivity index (χ2n) is 8.14. The summed E-state index contributed by atoms with van der Waals surface area (Å²) in [4.78, 5) is 52.7. The van der Waals surface area contributed by atoms with Gasteiger partial charge in [0.05, 0.1) is 18.2 Å². The summed E-state index contributed by atoms with van der Waals surface area (Å²) < 4.78 is 1.66. The molecule has 15 nitrogen and oxygen atoms in total. The third-order valence-electron chi connectivity index (χ3n) is 5.77. The number of nitrogens with one attached hydrogen (secondary N) is 1. The van der Waals surface area contributed by atoms with E-state index in [1.54, 1.807) is 11.5 Å². The number of carbonyl (C=O) groups excluding carboxylic acids is 3. The van der Waals surface area contributed by atoms with Crippen LogP contribution in [-0.2, 0) is 25.8 Å². The number of carboxylic acid groups (broad SMARTS) is 1. The molecule has 2 amide bonds. The van der Waals surface area contributed by atoms with Crippen LogP contribution in [0.3, 0.4) is 0 Å². The Morgan fingerprint density at radius 2 is 2.05 bits per heavy atom. The van der Waals surface area contributed by atoms with Crippen LogP contribution < -0.4 is 37.9 Å². The number of oxime groups is 1. The lowest BCUT2D eigenvalue weighted by Crippen LogP contribution is -2.71. The number of aromatic nitrogens is 3. The zero-order valence-corrected chi connectivity index (χ0v) is 23.3. The number of rotatable bonds is 10. The van der Waals surface area contributed by atoms with Gasteiger partial charge in [-0.25, -0.2) is 9.55 Å². The minimum atomic E-state index is -1.50. The maximum Gasteiger partial charge on any atom is 0.301 e. The zero-order chi connectivity index (χ0) is 28.4. The van der Waals surface area contributed by atoms with Crippen molar-refractivity contribution < 1.29 is 28.9 Å². The fourth-order valence-electron chi connectivity index (χ4n) is 3.89. The van der Waals surface area contributed by atoms with Crippen molar-refractivity contribution in [2.75, 3.05) is 41.0 Å². The van der Waals surface area contributed by atoms with Gasteiger partial charge in [-0.1, -0.05) is 10.1 Å². The van der Waals surface area contributed by atoms with Crippen molar-refractivity contribution in [2.24, 2.45) is 5.16 Å². The fraction of sp³-hybridized carbons (Fsp3) is 0.381. The van der Waals surface area contributed by atoms with Crippen LogP contribution in [0.2, 0.25) is 0 Å². The summed E-state index contributed by atoms with van der Waals surface area (Å²) in [5.41, 5.74) is 23.9. The molecule has 4 rings (SSSR count). The number of thioether (sulfide) groups is 2. The summed E-state index contributed by atoms with van der Waals surface area (Å²) in [6.45, 7) is 4.21. The van der Waals surface area contributed by atoms with Crippen molar-refractivity contribution >= 4 is 80.8 Å². The molecule has 39 heavy (non-hydrogen) atoms. The van der Waals surface area contributed by atoms with Gasteiger partial charge in [0.1, 0.15) is 23.7 Å². The van der Waals surface area contributed by atoms with Crippen LogP contribution in [-0.4, -0.2) is 67.9 Å². The Bertz CT molecular complexity index is 1390. The van der Waals surface area contributed by atoms with E-state index in [2.05, 4.69) is 20.4 Å². The van der Waals surface area contributed by atoms with Crippen LogP contribution in [0.5, 0.6) is 0 Å². The molecular formula is C21H26N10O5S3. The predicted octanol–water partition coefficient (Wildman–Crippen LogP) is -1.89. The number of hydrogen-bond donors (Lipinski definition) is 5. The number of anilines is 4. The molecule has 0 saturated carbocycles. The Kier molecular flexibility index (Phi) is 8.36. The van der Waals surface area contributed by atoms with Crippen LogP contribution in [0.15, 0.2) is 27.0 Å². The molecule has 4 heterocycles. The number of nitrogen functional groups attached to an aromatic ring is 4. The molecule has 0 spiro atoms.